The molecule has 0 amide bonds. The highest BCUT2D eigenvalue weighted by Crippen LogP contribution is 2.63. The van der Waals surface area contributed by atoms with Crippen molar-refractivity contribution in [3.8, 4) is 39.3 Å². The molecule has 5 heterocycles. The number of rotatable bonds is 2. The van der Waals surface area contributed by atoms with Crippen molar-refractivity contribution in [2.45, 2.75) is 5.41 Å². The molecular formula is C48H28N6. The number of aromatic nitrogens is 6. The highest BCUT2D eigenvalue weighted by Gasteiger charge is 2.53. The van der Waals surface area contributed by atoms with Gasteiger partial charge in [0.2, 0.25) is 0 Å². The van der Waals surface area contributed by atoms with E-state index in [0.717, 1.165) is 45.1 Å². The van der Waals surface area contributed by atoms with Gasteiger partial charge in [-0.2, -0.15) is 0 Å². The topological polar surface area (TPSA) is 52.4 Å². The van der Waals surface area contributed by atoms with Crippen molar-refractivity contribution in [1.82, 2.24) is 28.3 Å². The summed E-state index contributed by atoms with van der Waals surface area (Å²) < 4.78 is 6.85. The van der Waals surface area contributed by atoms with Crippen molar-refractivity contribution in [3.05, 3.63) is 193 Å². The van der Waals surface area contributed by atoms with E-state index in [0.29, 0.717) is 0 Å². The Morgan fingerprint density at radius 2 is 0.963 bits per heavy atom. The average molecular weight is 689 g/mol. The van der Waals surface area contributed by atoms with Gasteiger partial charge < -0.3 is 4.57 Å². The summed E-state index contributed by atoms with van der Waals surface area (Å²) in [6.07, 6.45) is 5.57. The minimum absolute atomic E-state index is 0.464. The summed E-state index contributed by atoms with van der Waals surface area (Å²) in [5, 5.41) is 2.50. The normalized spacial score (nSPS) is 13.7. The van der Waals surface area contributed by atoms with Crippen molar-refractivity contribution in [3.63, 3.8) is 0 Å². The number of hydrogen-bond donors (Lipinski definition) is 0. The third kappa shape index (κ3) is 3.26. The fraction of sp³-hybridized carbons (Fsp3) is 0.0208. The van der Waals surface area contributed by atoms with E-state index in [9.17, 15) is 0 Å². The zero-order chi connectivity index (χ0) is 35.1. The van der Waals surface area contributed by atoms with E-state index in [2.05, 4.69) is 165 Å². The van der Waals surface area contributed by atoms with Crippen molar-refractivity contribution >= 4 is 44.3 Å². The predicted octanol–water partition coefficient (Wildman–Crippen LogP) is 10.6. The lowest BCUT2D eigenvalue weighted by Crippen LogP contribution is -2.25. The van der Waals surface area contributed by atoms with Gasteiger partial charge in [-0.05, 0) is 63.7 Å². The van der Waals surface area contributed by atoms with Gasteiger partial charge in [-0.1, -0.05) is 121 Å². The zero-order valence-electron chi connectivity index (χ0n) is 28.8. The lowest BCUT2D eigenvalue weighted by atomic mass is 9.71. The Hall–Kier alpha value is -7.31. The minimum atomic E-state index is -0.464. The first kappa shape index (κ1) is 28.3. The average Bonchev–Trinajstić information content (AvgIpc) is 4.04. The zero-order valence-corrected chi connectivity index (χ0v) is 28.8. The Morgan fingerprint density at radius 1 is 0.426 bits per heavy atom. The molecule has 0 bridgehead atoms. The van der Waals surface area contributed by atoms with Gasteiger partial charge in [0.05, 0.1) is 39.5 Å². The lowest BCUT2D eigenvalue weighted by molar-refractivity contribution is 0.795. The fourth-order valence-electron chi connectivity index (χ4n) is 9.99. The largest absolute Gasteiger partial charge is 0.309 e. The van der Waals surface area contributed by atoms with E-state index in [1.165, 1.54) is 60.8 Å². The molecule has 0 fully saturated rings. The Kier molecular flexibility index (Phi) is 5.22. The second-order valence-corrected chi connectivity index (χ2v) is 14.4. The number of imidazole rings is 1. The lowest BCUT2D eigenvalue weighted by Gasteiger charge is -2.29. The Balaban J connectivity index is 1.07. The van der Waals surface area contributed by atoms with E-state index < -0.39 is 5.41 Å². The van der Waals surface area contributed by atoms with E-state index >= 15 is 0 Å². The molecule has 6 nitrogen and oxygen atoms in total. The molecule has 13 rings (SSSR count). The van der Waals surface area contributed by atoms with Crippen LogP contribution in [0, 0.1) is 0 Å². The van der Waals surface area contributed by atoms with Crippen LogP contribution in [0.3, 0.4) is 0 Å². The Bertz CT molecular complexity index is 3300. The van der Waals surface area contributed by atoms with Crippen LogP contribution in [0.4, 0.5) is 0 Å². The summed E-state index contributed by atoms with van der Waals surface area (Å²) in [5.74, 6) is 0. The minimum Gasteiger partial charge on any atom is -0.309 e. The number of fused-ring (bicyclic) bond motifs is 20. The Morgan fingerprint density at radius 3 is 1.61 bits per heavy atom. The van der Waals surface area contributed by atoms with Crippen LogP contribution in [0.2, 0.25) is 0 Å². The van der Waals surface area contributed by atoms with E-state index in [-0.39, 0.29) is 0 Å². The quantitative estimate of drug-likeness (QED) is 0.182. The molecule has 54 heavy (non-hydrogen) atoms. The highest BCUT2D eigenvalue weighted by molar-refractivity contribution is 6.09. The van der Waals surface area contributed by atoms with E-state index in [1.54, 1.807) is 12.4 Å². The van der Waals surface area contributed by atoms with Crippen LogP contribution < -0.4 is 0 Å². The molecule has 0 aliphatic heterocycles. The summed E-state index contributed by atoms with van der Waals surface area (Å²) in [6, 6.07) is 55.2. The standard InChI is InChI=1S/C48H28N6/c1-6-16-36-31(11-1)32-12-2-7-17-37(32)48(36)38-18-8-3-15-35(38)44-39(48)27-42-45-51-28-43(54(45)47-46(53(42)44)49-25-26-50-47)29-21-23-30(24-22-29)52-40-19-9-4-13-33(40)34-14-5-10-20-41(34)52/h1-28H. The summed E-state index contributed by atoms with van der Waals surface area (Å²) in [4.78, 5) is 15.2. The van der Waals surface area contributed by atoms with Crippen molar-refractivity contribution in [2.24, 2.45) is 0 Å². The van der Waals surface area contributed by atoms with Gasteiger partial charge >= 0.3 is 0 Å². The summed E-state index contributed by atoms with van der Waals surface area (Å²) in [7, 11) is 0. The maximum absolute atomic E-state index is 5.17. The molecule has 11 aromatic rings. The highest BCUT2D eigenvalue weighted by atomic mass is 15.1. The van der Waals surface area contributed by atoms with Crippen LogP contribution in [-0.2, 0) is 5.41 Å². The molecule has 6 aromatic carbocycles. The molecule has 6 heteroatoms. The second-order valence-electron chi connectivity index (χ2n) is 14.4. The summed E-state index contributed by atoms with van der Waals surface area (Å²) in [5.41, 5.74) is 18.6. The first-order valence-corrected chi connectivity index (χ1v) is 18.4. The van der Waals surface area contributed by atoms with Gasteiger partial charge in [0.15, 0.2) is 16.9 Å². The first-order chi connectivity index (χ1) is 26.8. The van der Waals surface area contributed by atoms with E-state index in [1.807, 2.05) is 6.20 Å². The molecule has 2 aliphatic rings. The molecule has 2 aliphatic carbocycles. The van der Waals surface area contributed by atoms with Gasteiger partial charge in [-0.25, -0.2) is 15.0 Å². The van der Waals surface area contributed by atoms with Crippen LogP contribution in [0.5, 0.6) is 0 Å². The van der Waals surface area contributed by atoms with Crippen LogP contribution in [-0.4, -0.2) is 28.3 Å². The van der Waals surface area contributed by atoms with Gasteiger partial charge in [-0.3, -0.25) is 8.80 Å². The molecule has 5 aromatic heterocycles. The van der Waals surface area contributed by atoms with Gasteiger partial charge in [0.25, 0.3) is 0 Å². The molecule has 1 spiro atoms. The number of para-hydroxylation sites is 2. The summed E-state index contributed by atoms with van der Waals surface area (Å²) in [6.45, 7) is 0. The monoisotopic (exact) mass is 688 g/mol. The molecular weight excluding hydrogens is 661 g/mol. The van der Waals surface area contributed by atoms with Crippen molar-refractivity contribution in [1.29, 1.82) is 0 Å². The van der Waals surface area contributed by atoms with Crippen LogP contribution in [0.15, 0.2) is 170 Å². The van der Waals surface area contributed by atoms with Crippen LogP contribution in [0.25, 0.3) is 83.6 Å². The predicted molar refractivity (Wildman–Crippen MR) is 215 cm³/mol. The third-order valence-electron chi connectivity index (χ3n) is 12.0. The number of benzene rings is 6. The maximum atomic E-state index is 5.17. The van der Waals surface area contributed by atoms with Crippen molar-refractivity contribution in [2.75, 3.05) is 0 Å². The SMILES string of the molecule is c1ccc2c(c1)-c1ccccc1C21c2ccccc2-c2c1cc1c3ncc(-c4ccc(-n5c6ccccc6c6ccccc65)cc4)n3c3nccnc3n21. The van der Waals surface area contributed by atoms with Gasteiger partial charge in [-0.15, -0.1) is 0 Å². The van der Waals surface area contributed by atoms with Crippen molar-refractivity contribution < 1.29 is 0 Å². The molecule has 0 radical (unpaired) electrons. The maximum Gasteiger partial charge on any atom is 0.183 e. The third-order valence-corrected chi connectivity index (χ3v) is 12.0. The second kappa shape index (κ2) is 9.97. The fourth-order valence-corrected chi connectivity index (χ4v) is 9.99. The molecule has 250 valence electrons. The summed E-state index contributed by atoms with van der Waals surface area (Å²) >= 11 is 0. The molecule has 0 saturated carbocycles. The first-order valence-electron chi connectivity index (χ1n) is 18.4. The van der Waals surface area contributed by atoms with Crippen LogP contribution >= 0.6 is 0 Å². The Labute approximate surface area is 308 Å². The molecule has 0 saturated heterocycles. The molecule has 0 N–H and O–H groups in total. The molecule has 0 unspecified atom stereocenters. The number of hydrogen-bond acceptors (Lipinski definition) is 3. The smallest absolute Gasteiger partial charge is 0.183 e. The molecule has 0 atom stereocenters. The number of nitrogens with zero attached hydrogens (tertiary/aromatic N) is 6. The van der Waals surface area contributed by atoms with Gasteiger partial charge in [0, 0.05) is 40.0 Å². The van der Waals surface area contributed by atoms with Crippen LogP contribution in [0.1, 0.15) is 22.3 Å². The van der Waals surface area contributed by atoms with E-state index in [4.69, 9.17) is 15.0 Å². The van der Waals surface area contributed by atoms with Gasteiger partial charge in [0.1, 0.15) is 0 Å².